The number of aromatic nitrogens is 3. The van der Waals surface area contributed by atoms with E-state index in [4.69, 9.17) is 15.0 Å². The molecule has 3 aromatic heterocycles. The van der Waals surface area contributed by atoms with Gasteiger partial charge in [-0.2, -0.15) is 0 Å². The second-order valence-corrected chi connectivity index (χ2v) is 23.5. The molecule has 8 aromatic carbocycles. The van der Waals surface area contributed by atoms with E-state index in [1.54, 1.807) is 0 Å². The standard InChI is InChI=1S/C75H64N3.Ir/c1-73(2,3)59-37-40-76-70(47-59)53-31-27-51(28-32-53)62-21-13-15-23-64(62)56-43-57(65-24-16-14-22-63(65)52-29-33-54(34-30-52)71-48-60(38-41-77-71)74(4,5)6)45-58(44-56)66-25-17-18-26-67(66)68-36-35-55(46-69(68)50-19-11-10-12-20-50)72-49-61(39-42-78-72)75(7,8)9;/h10-31,33,36-49H,1-9H3;/q-3;+3. The van der Waals surface area contributed by atoms with Gasteiger partial charge < -0.3 is 15.0 Å². The molecule has 0 spiro atoms. The zero-order valence-electron chi connectivity index (χ0n) is 46.5. The Labute approximate surface area is 482 Å². The summed E-state index contributed by atoms with van der Waals surface area (Å²) in [4.78, 5) is 14.4. The molecule has 0 fully saturated rings. The van der Waals surface area contributed by atoms with Crippen molar-refractivity contribution >= 4 is 0 Å². The minimum Gasteiger partial charge on any atom is -0.305 e. The van der Waals surface area contributed by atoms with Gasteiger partial charge in [-0.3, -0.25) is 0 Å². The van der Waals surface area contributed by atoms with Gasteiger partial charge in [0.05, 0.1) is 0 Å². The molecule has 3 nitrogen and oxygen atoms in total. The topological polar surface area (TPSA) is 38.7 Å². The molecule has 0 aliphatic carbocycles. The smallest absolute Gasteiger partial charge is 0.305 e. The van der Waals surface area contributed by atoms with Gasteiger partial charge in [0.1, 0.15) is 0 Å². The third-order valence-corrected chi connectivity index (χ3v) is 14.9. The van der Waals surface area contributed by atoms with Crippen LogP contribution in [0.25, 0.3) is 112 Å². The Bertz CT molecular complexity index is 3780. The first-order chi connectivity index (χ1) is 37.5. The van der Waals surface area contributed by atoms with Crippen LogP contribution in [0.4, 0.5) is 0 Å². The van der Waals surface area contributed by atoms with Crippen molar-refractivity contribution < 1.29 is 20.1 Å². The first-order valence-electron chi connectivity index (χ1n) is 27.0. The molecule has 0 bridgehead atoms. The Morgan fingerprint density at radius 2 is 0.608 bits per heavy atom. The van der Waals surface area contributed by atoms with E-state index in [9.17, 15) is 0 Å². The second kappa shape index (κ2) is 22.3. The SMILES string of the molecule is CC(C)(C)c1ccnc(-c2[c-]cc(-c3ccccc3-c3cc(-c4ccccc4-c4c[c-]c(-c5cc(C(C)(C)C)ccn5)cc4)cc(-c4ccccc4-c4c[c-]c(-c5cc(C(C)(C)C)ccn5)cc4-c4ccccc4)c3)cc2)c1.[Ir+3]. The van der Waals surface area contributed by atoms with Crippen LogP contribution < -0.4 is 0 Å². The minimum atomic E-state index is -0.0208. The van der Waals surface area contributed by atoms with E-state index in [0.29, 0.717) is 0 Å². The van der Waals surface area contributed by atoms with Crippen LogP contribution in [-0.2, 0) is 36.4 Å². The third kappa shape index (κ3) is 11.7. The summed E-state index contributed by atoms with van der Waals surface area (Å²) < 4.78 is 0. The monoisotopic (exact) mass is 1200 g/mol. The molecule has 0 amide bonds. The summed E-state index contributed by atoms with van der Waals surface area (Å²) in [6.45, 7) is 20.1. The van der Waals surface area contributed by atoms with Crippen LogP contribution in [0, 0.1) is 18.2 Å². The molecular weight excluding hydrogens is 1140 g/mol. The number of pyridine rings is 3. The Morgan fingerprint density at radius 1 is 0.266 bits per heavy atom. The van der Waals surface area contributed by atoms with E-state index in [2.05, 4.69) is 287 Å². The van der Waals surface area contributed by atoms with Gasteiger partial charge in [-0.25, -0.2) is 0 Å². The normalized spacial score (nSPS) is 11.8. The molecule has 3 heterocycles. The summed E-state index contributed by atoms with van der Waals surface area (Å²) >= 11 is 0. The summed E-state index contributed by atoms with van der Waals surface area (Å²) in [5.74, 6) is 0. The van der Waals surface area contributed by atoms with E-state index in [-0.39, 0.29) is 36.4 Å². The van der Waals surface area contributed by atoms with E-state index in [1.807, 2.05) is 18.6 Å². The molecule has 388 valence electrons. The fraction of sp³-hybridized carbons (Fsp3) is 0.160. The van der Waals surface area contributed by atoms with Gasteiger partial charge in [-0.05, 0) is 125 Å². The summed E-state index contributed by atoms with van der Waals surface area (Å²) in [6.07, 6.45) is 5.74. The Kier molecular flexibility index (Phi) is 15.3. The van der Waals surface area contributed by atoms with Gasteiger partial charge >= 0.3 is 20.1 Å². The predicted octanol–water partition coefficient (Wildman–Crippen LogP) is 19.8. The molecule has 79 heavy (non-hydrogen) atoms. The first kappa shape index (κ1) is 54.2. The molecule has 0 N–H and O–H groups in total. The zero-order valence-corrected chi connectivity index (χ0v) is 48.9. The average Bonchev–Trinajstić information content (AvgIpc) is 3.48. The Morgan fingerprint density at radius 3 is 0.987 bits per heavy atom. The van der Waals surface area contributed by atoms with Gasteiger partial charge in [0, 0.05) is 18.6 Å². The molecule has 0 aliphatic rings. The molecule has 0 radical (unpaired) electrons. The van der Waals surface area contributed by atoms with Crippen LogP contribution in [0.2, 0.25) is 0 Å². The van der Waals surface area contributed by atoms with Crippen LogP contribution in [0.5, 0.6) is 0 Å². The first-order valence-corrected chi connectivity index (χ1v) is 27.0. The number of hydrogen-bond acceptors (Lipinski definition) is 3. The molecule has 11 aromatic rings. The van der Waals surface area contributed by atoms with Crippen LogP contribution in [-0.4, -0.2) is 15.0 Å². The molecule has 11 rings (SSSR count). The minimum absolute atomic E-state index is 0. The number of nitrogens with zero attached hydrogens (tertiary/aromatic N) is 3. The number of benzene rings is 8. The molecule has 0 saturated heterocycles. The van der Waals surface area contributed by atoms with Crippen LogP contribution in [0.15, 0.2) is 225 Å². The van der Waals surface area contributed by atoms with E-state index in [0.717, 1.165) is 112 Å². The van der Waals surface area contributed by atoms with Crippen molar-refractivity contribution in [1.29, 1.82) is 0 Å². The summed E-state index contributed by atoms with van der Waals surface area (Å²) in [7, 11) is 0. The van der Waals surface area contributed by atoms with Crippen molar-refractivity contribution in [2.75, 3.05) is 0 Å². The predicted molar refractivity (Wildman–Crippen MR) is 327 cm³/mol. The van der Waals surface area contributed by atoms with Crippen LogP contribution >= 0.6 is 0 Å². The van der Waals surface area contributed by atoms with Gasteiger partial charge in [0.2, 0.25) is 0 Å². The maximum atomic E-state index is 4.88. The summed E-state index contributed by atoms with van der Waals surface area (Å²) in [5.41, 5.74) is 24.9. The fourth-order valence-electron chi connectivity index (χ4n) is 10.4. The van der Waals surface area contributed by atoms with Crippen LogP contribution in [0.3, 0.4) is 0 Å². The van der Waals surface area contributed by atoms with E-state index in [1.165, 1.54) is 16.7 Å². The number of hydrogen-bond donors (Lipinski definition) is 0. The van der Waals surface area contributed by atoms with Crippen LogP contribution in [0.1, 0.15) is 79.0 Å². The van der Waals surface area contributed by atoms with Crippen molar-refractivity contribution in [3.63, 3.8) is 0 Å². The Balaban J connectivity index is 0.00000704. The zero-order chi connectivity index (χ0) is 54.2. The Hall–Kier alpha value is -8.14. The molecule has 4 heteroatoms. The second-order valence-electron chi connectivity index (χ2n) is 23.5. The third-order valence-electron chi connectivity index (χ3n) is 14.9. The van der Waals surface area contributed by atoms with Gasteiger partial charge in [0.25, 0.3) is 0 Å². The van der Waals surface area contributed by atoms with Crippen molar-refractivity contribution in [1.82, 2.24) is 15.0 Å². The molecule has 0 aliphatic heterocycles. The molecular formula is C75H64IrN3. The molecule has 0 unspecified atom stereocenters. The number of rotatable bonds is 10. The summed E-state index contributed by atoms with van der Waals surface area (Å²) in [5, 5.41) is 0. The average molecular weight is 1200 g/mol. The molecule has 0 atom stereocenters. The maximum Gasteiger partial charge on any atom is 3.00 e. The quantitative estimate of drug-likeness (QED) is 0.128. The van der Waals surface area contributed by atoms with Gasteiger partial charge in [0.15, 0.2) is 0 Å². The fourth-order valence-corrected chi connectivity index (χ4v) is 10.4. The summed E-state index contributed by atoms with van der Waals surface area (Å²) in [6, 6.07) is 85.4. The maximum absolute atomic E-state index is 4.88. The largest absolute Gasteiger partial charge is 3.00 e. The van der Waals surface area contributed by atoms with Gasteiger partial charge in [-0.1, -0.05) is 223 Å². The molecule has 0 saturated carbocycles. The van der Waals surface area contributed by atoms with Crippen molar-refractivity contribution in [2.45, 2.75) is 78.6 Å². The van der Waals surface area contributed by atoms with Gasteiger partial charge in [-0.15, -0.1) is 83.4 Å². The van der Waals surface area contributed by atoms with E-state index < -0.39 is 0 Å². The van der Waals surface area contributed by atoms with Crippen molar-refractivity contribution in [3.05, 3.63) is 260 Å². The van der Waals surface area contributed by atoms with Crippen molar-refractivity contribution in [2.24, 2.45) is 0 Å². The van der Waals surface area contributed by atoms with E-state index >= 15 is 0 Å². The van der Waals surface area contributed by atoms with Crippen molar-refractivity contribution in [3.8, 4) is 112 Å².